The molecule has 5 nitrogen and oxygen atoms in total. The van der Waals surface area contributed by atoms with Crippen LogP contribution in [-0.2, 0) is 0 Å². The molecule has 1 amide bonds. The van der Waals surface area contributed by atoms with Crippen molar-refractivity contribution < 1.29 is 9.90 Å². The lowest BCUT2D eigenvalue weighted by molar-refractivity contribution is 0.0744. The Bertz CT molecular complexity index is 686. The lowest BCUT2D eigenvalue weighted by Gasteiger charge is -2.23. The molecule has 0 atom stereocenters. The van der Waals surface area contributed by atoms with Crippen molar-refractivity contribution in [2.45, 2.75) is 26.2 Å². The number of H-pyrrole nitrogens is 1. The number of unbranched alkanes of at least 4 members (excludes halogenated alkanes) is 1. The second-order valence-corrected chi connectivity index (χ2v) is 5.32. The van der Waals surface area contributed by atoms with Gasteiger partial charge in [-0.2, -0.15) is 0 Å². The predicted octanol–water partition coefficient (Wildman–Crippen LogP) is 2.15. The van der Waals surface area contributed by atoms with Crippen molar-refractivity contribution in [3.63, 3.8) is 0 Å². The van der Waals surface area contributed by atoms with Crippen molar-refractivity contribution in [1.82, 2.24) is 9.88 Å². The number of aliphatic hydroxyl groups is 1. The van der Waals surface area contributed by atoms with Crippen LogP contribution in [0.15, 0.2) is 35.1 Å². The van der Waals surface area contributed by atoms with E-state index < -0.39 is 0 Å². The first-order valence-electron chi connectivity index (χ1n) is 7.69. The smallest absolute Gasteiger partial charge is 0.254 e. The minimum atomic E-state index is -0.278. The number of nitrogens with zero attached hydrogens (tertiary/aromatic N) is 1. The topological polar surface area (TPSA) is 73.4 Å². The third-order valence-corrected chi connectivity index (χ3v) is 3.64. The Labute approximate surface area is 129 Å². The van der Waals surface area contributed by atoms with E-state index in [1.807, 2.05) is 18.2 Å². The van der Waals surface area contributed by atoms with Crippen LogP contribution in [0.1, 0.15) is 36.5 Å². The molecule has 0 spiro atoms. The number of rotatable bonds is 7. The van der Waals surface area contributed by atoms with E-state index in [4.69, 9.17) is 5.11 Å². The number of hydrogen-bond acceptors (Lipinski definition) is 3. The van der Waals surface area contributed by atoms with Gasteiger partial charge in [-0.05, 0) is 18.9 Å². The molecule has 118 valence electrons. The van der Waals surface area contributed by atoms with Gasteiger partial charge in [0.25, 0.3) is 5.91 Å². The highest BCUT2D eigenvalue weighted by Crippen LogP contribution is 2.17. The molecule has 0 unspecified atom stereocenters. The van der Waals surface area contributed by atoms with E-state index in [0.717, 1.165) is 18.2 Å². The number of aliphatic hydroxyl groups excluding tert-OH is 1. The third kappa shape index (κ3) is 3.74. The fourth-order valence-corrected chi connectivity index (χ4v) is 2.48. The van der Waals surface area contributed by atoms with E-state index >= 15 is 0 Å². The Hall–Kier alpha value is -2.14. The van der Waals surface area contributed by atoms with Crippen LogP contribution in [-0.4, -0.2) is 40.6 Å². The molecular formula is C17H22N2O3. The van der Waals surface area contributed by atoms with Gasteiger partial charge in [0.2, 0.25) is 5.56 Å². The SMILES string of the molecule is CCCCN(CCCO)C(=O)c1cc(=O)[nH]c2ccccc12. The second-order valence-electron chi connectivity index (χ2n) is 5.32. The summed E-state index contributed by atoms with van der Waals surface area (Å²) in [5.41, 5.74) is 0.809. The van der Waals surface area contributed by atoms with Crippen LogP contribution < -0.4 is 5.56 Å². The van der Waals surface area contributed by atoms with Gasteiger partial charge in [-0.3, -0.25) is 9.59 Å². The first-order chi connectivity index (χ1) is 10.7. The zero-order valence-corrected chi connectivity index (χ0v) is 12.8. The maximum absolute atomic E-state index is 12.8. The standard InChI is InChI=1S/C17H22N2O3/c1-2-3-9-19(10-6-11-20)17(22)14-12-16(21)18-15-8-5-4-7-13(14)15/h4-5,7-8,12,20H,2-3,6,9-11H2,1H3,(H,18,21). The third-order valence-electron chi connectivity index (χ3n) is 3.64. The van der Waals surface area contributed by atoms with Gasteiger partial charge in [0.05, 0.1) is 5.56 Å². The van der Waals surface area contributed by atoms with Crippen LogP contribution in [0, 0.1) is 0 Å². The average molecular weight is 302 g/mol. The lowest BCUT2D eigenvalue weighted by atomic mass is 10.1. The van der Waals surface area contributed by atoms with Gasteiger partial charge < -0.3 is 15.0 Å². The molecule has 2 rings (SSSR count). The van der Waals surface area contributed by atoms with Crippen molar-refractivity contribution in [3.8, 4) is 0 Å². The van der Waals surface area contributed by atoms with Crippen molar-refractivity contribution in [2.24, 2.45) is 0 Å². The molecule has 2 N–H and O–H groups in total. The van der Waals surface area contributed by atoms with Gasteiger partial charge in [0.15, 0.2) is 0 Å². The van der Waals surface area contributed by atoms with Crippen LogP contribution >= 0.6 is 0 Å². The first kappa shape index (κ1) is 16.2. The minimum Gasteiger partial charge on any atom is -0.396 e. The summed E-state index contributed by atoms with van der Waals surface area (Å²) in [4.78, 5) is 29.1. The number of hydrogen-bond donors (Lipinski definition) is 2. The van der Waals surface area contributed by atoms with E-state index in [1.165, 1.54) is 6.07 Å². The summed E-state index contributed by atoms with van der Waals surface area (Å²) in [5.74, 6) is -0.149. The lowest BCUT2D eigenvalue weighted by Crippen LogP contribution is -2.34. The summed E-state index contributed by atoms with van der Waals surface area (Å²) in [6.07, 6.45) is 2.42. The quantitative estimate of drug-likeness (QED) is 0.823. The van der Waals surface area contributed by atoms with Crippen LogP contribution in [0.4, 0.5) is 0 Å². The molecule has 0 fully saturated rings. The minimum absolute atomic E-state index is 0.0476. The molecule has 0 aliphatic rings. The number of amides is 1. The van der Waals surface area contributed by atoms with Crippen molar-refractivity contribution in [1.29, 1.82) is 0 Å². The highest BCUT2D eigenvalue weighted by Gasteiger charge is 2.18. The van der Waals surface area contributed by atoms with E-state index in [2.05, 4.69) is 11.9 Å². The molecule has 0 saturated carbocycles. The van der Waals surface area contributed by atoms with Crippen LogP contribution in [0.3, 0.4) is 0 Å². The van der Waals surface area contributed by atoms with Gasteiger partial charge in [0, 0.05) is 36.7 Å². The van der Waals surface area contributed by atoms with E-state index in [0.29, 0.717) is 30.6 Å². The number of aromatic nitrogens is 1. The Morgan fingerprint density at radius 3 is 2.68 bits per heavy atom. The monoisotopic (exact) mass is 302 g/mol. The Morgan fingerprint density at radius 2 is 1.95 bits per heavy atom. The molecule has 0 saturated heterocycles. The van der Waals surface area contributed by atoms with Crippen molar-refractivity contribution in [2.75, 3.05) is 19.7 Å². The molecule has 1 aromatic heterocycles. The number of aromatic amines is 1. The number of fused-ring (bicyclic) bond motifs is 1. The summed E-state index contributed by atoms with van der Waals surface area (Å²) in [6.45, 7) is 3.25. The normalized spacial score (nSPS) is 10.8. The Kier molecular flexibility index (Phi) is 5.72. The number of carbonyl (C=O) groups is 1. The van der Waals surface area contributed by atoms with Crippen molar-refractivity contribution >= 4 is 16.8 Å². The van der Waals surface area contributed by atoms with Crippen LogP contribution in [0.5, 0.6) is 0 Å². The van der Waals surface area contributed by atoms with Crippen molar-refractivity contribution in [3.05, 3.63) is 46.2 Å². The zero-order chi connectivity index (χ0) is 15.9. The second kappa shape index (κ2) is 7.75. The number of nitrogens with one attached hydrogen (secondary N) is 1. The molecule has 22 heavy (non-hydrogen) atoms. The van der Waals surface area contributed by atoms with Gasteiger partial charge in [0.1, 0.15) is 0 Å². The number of para-hydroxylation sites is 1. The molecule has 0 bridgehead atoms. The van der Waals surface area contributed by atoms with Gasteiger partial charge in [-0.1, -0.05) is 31.5 Å². The largest absolute Gasteiger partial charge is 0.396 e. The maximum atomic E-state index is 12.8. The molecule has 1 heterocycles. The molecule has 0 aliphatic carbocycles. The highest BCUT2D eigenvalue weighted by atomic mass is 16.3. The van der Waals surface area contributed by atoms with Crippen LogP contribution in [0.25, 0.3) is 10.9 Å². The summed E-state index contributed by atoms with van der Waals surface area (Å²) < 4.78 is 0. The molecule has 2 aromatic rings. The summed E-state index contributed by atoms with van der Waals surface area (Å²) in [7, 11) is 0. The van der Waals surface area contributed by atoms with E-state index in [1.54, 1.807) is 11.0 Å². The van der Waals surface area contributed by atoms with Gasteiger partial charge >= 0.3 is 0 Å². The number of carbonyl (C=O) groups excluding carboxylic acids is 1. The average Bonchev–Trinajstić information content (AvgIpc) is 2.53. The molecular weight excluding hydrogens is 280 g/mol. The number of benzene rings is 1. The summed E-state index contributed by atoms with van der Waals surface area (Å²) >= 11 is 0. The van der Waals surface area contributed by atoms with E-state index in [9.17, 15) is 9.59 Å². The zero-order valence-electron chi connectivity index (χ0n) is 12.8. The fraction of sp³-hybridized carbons (Fsp3) is 0.412. The predicted molar refractivity (Wildman–Crippen MR) is 87.1 cm³/mol. The Morgan fingerprint density at radius 1 is 1.23 bits per heavy atom. The highest BCUT2D eigenvalue weighted by molar-refractivity contribution is 6.05. The molecule has 1 aromatic carbocycles. The summed E-state index contributed by atoms with van der Waals surface area (Å²) in [6, 6.07) is 8.66. The van der Waals surface area contributed by atoms with Gasteiger partial charge in [-0.15, -0.1) is 0 Å². The summed E-state index contributed by atoms with van der Waals surface area (Å²) in [5, 5.41) is 9.76. The Balaban J connectivity index is 2.38. The fourth-order valence-electron chi connectivity index (χ4n) is 2.48. The maximum Gasteiger partial charge on any atom is 0.254 e. The molecule has 0 aliphatic heterocycles. The van der Waals surface area contributed by atoms with Crippen LogP contribution in [0.2, 0.25) is 0 Å². The van der Waals surface area contributed by atoms with E-state index in [-0.39, 0.29) is 18.1 Å². The van der Waals surface area contributed by atoms with Gasteiger partial charge in [-0.25, -0.2) is 0 Å². The molecule has 5 heteroatoms. The first-order valence-corrected chi connectivity index (χ1v) is 7.69. The number of pyridine rings is 1. The molecule has 0 radical (unpaired) electrons.